The van der Waals surface area contributed by atoms with E-state index in [1.807, 2.05) is 25.1 Å². The summed E-state index contributed by atoms with van der Waals surface area (Å²) in [5.74, 6) is 1.40. The molecule has 0 N–H and O–H groups in total. The van der Waals surface area contributed by atoms with Crippen molar-refractivity contribution in [2.75, 3.05) is 21.3 Å². The van der Waals surface area contributed by atoms with Gasteiger partial charge in [0.1, 0.15) is 0 Å². The van der Waals surface area contributed by atoms with Gasteiger partial charge in [-0.3, -0.25) is 4.79 Å². The molecule has 1 aromatic carbocycles. The predicted molar refractivity (Wildman–Crippen MR) is 66.4 cm³/mol. The van der Waals surface area contributed by atoms with Gasteiger partial charge in [0.05, 0.1) is 20.3 Å². The lowest BCUT2D eigenvalue weighted by atomic mass is 10.1. The summed E-state index contributed by atoms with van der Waals surface area (Å²) in [6.45, 7) is 3.53. The highest BCUT2D eigenvalue weighted by molar-refractivity contribution is 5.73. The SMILES string of the molecule is COc1ccc(C(C)N(C)C(C)=O)cc1OC. The standard InChI is InChI=1S/C13H19NO3/c1-9(14(3)10(2)15)11-6-7-12(16-4)13(8-11)17-5/h6-9H,1-5H3. The fourth-order valence-electron chi connectivity index (χ4n) is 1.61. The van der Waals surface area contributed by atoms with Crippen molar-refractivity contribution >= 4 is 5.91 Å². The molecule has 1 aromatic rings. The number of hydrogen-bond donors (Lipinski definition) is 0. The molecular formula is C13H19NO3. The minimum atomic E-state index is 0.00676. The molecule has 0 saturated heterocycles. The number of carbonyl (C=O) groups is 1. The third-order valence-electron chi connectivity index (χ3n) is 2.97. The zero-order valence-electron chi connectivity index (χ0n) is 11.0. The Bertz CT molecular complexity index is 404. The van der Waals surface area contributed by atoms with Gasteiger partial charge < -0.3 is 14.4 Å². The highest BCUT2D eigenvalue weighted by Crippen LogP contribution is 2.31. The second-order valence-corrected chi connectivity index (χ2v) is 3.92. The molecule has 17 heavy (non-hydrogen) atoms. The Balaban J connectivity index is 3.03. The molecule has 0 heterocycles. The van der Waals surface area contributed by atoms with E-state index in [-0.39, 0.29) is 11.9 Å². The van der Waals surface area contributed by atoms with Crippen molar-refractivity contribution in [3.8, 4) is 11.5 Å². The lowest BCUT2D eigenvalue weighted by molar-refractivity contribution is -0.129. The Kier molecular flexibility index (Phi) is 4.37. The summed E-state index contributed by atoms with van der Waals surface area (Å²) in [6, 6.07) is 5.68. The lowest BCUT2D eigenvalue weighted by Gasteiger charge is -2.24. The fraction of sp³-hybridized carbons (Fsp3) is 0.462. The van der Waals surface area contributed by atoms with Crippen LogP contribution in [0.1, 0.15) is 25.5 Å². The second-order valence-electron chi connectivity index (χ2n) is 3.92. The van der Waals surface area contributed by atoms with Gasteiger partial charge in [-0.1, -0.05) is 6.07 Å². The number of carbonyl (C=O) groups excluding carboxylic acids is 1. The minimum Gasteiger partial charge on any atom is -0.493 e. The Morgan fingerprint density at radius 3 is 2.29 bits per heavy atom. The predicted octanol–water partition coefficient (Wildman–Crippen LogP) is 2.24. The molecule has 0 radical (unpaired) electrons. The van der Waals surface area contributed by atoms with Crippen LogP contribution in [0.4, 0.5) is 0 Å². The largest absolute Gasteiger partial charge is 0.493 e. The Morgan fingerprint density at radius 2 is 1.82 bits per heavy atom. The van der Waals surface area contributed by atoms with Crippen LogP contribution >= 0.6 is 0 Å². The topological polar surface area (TPSA) is 38.8 Å². The van der Waals surface area contributed by atoms with E-state index >= 15 is 0 Å². The molecule has 0 bridgehead atoms. The molecule has 94 valence electrons. The van der Waals surface area contributed by atoms with E-state index in [1.165, 1.54) is 0 Å². The van der Waals surface area contributed by atoms with E-state index in [4.69, 9.17) is 9.47 Å². The quantitative estimate of drug-likeness (QED) is 0.806. The number of benzene rings is 1. The van der Waals surface area contributed by atoms with Crippen molar-refractivity contribution in [2.45, 2.75) is 19.9 Å². The summed E-state index contributed by atoms with van der Waals surface area (Å²) in [5.41, 5.74) is 1.01. The smallest absolute Gasteiger partial charge is 0.219 e. The normalized spacial score (nSPS) is 11.8. The maximum Gasteiger partial charge on any atom is 0.219 e. The van der Waals surface area contributed by atoms with Crippen molar-refractivity contribution in [2.24, 2.45) is 0 Å². The molecule has 0 fully saturated rings. The summed E-state index contributed by atoms with van der Waals surface area (Å²) in [4.78, 5) is 13.0. The molecule has 1 atom stereocenters. The molecule has 0 aromatic heterocycles. The zero-order chi connectivity index (χ0) is 13.0. The van der Waals surface area contributed by atoms with Crippen molar-refractivity contribution in [1.82, 2.24) is 4.90 Å². The zero-order valence-corrected chi connectivity index (χ0v) is 11.0. The van der Waals surface area contributed by atoms with Gasteiger partial charge in [-0.05, 0) is 24.6 Å². The number of nitrogens with zero attached hydrogens (tertiary/aromatic N) is 1. The van der Waals surface area contributed by atoms with Gasteiger partial charge in [-0.25, -0.2) is 0 Å². The van der Waals surface area contributed by atoms with Gasteiger partial charge in [0.2, 0.25) is 5.91 Å². The number of hydrogen-bond acceptors (Lipinski definition) is 3. The molecular weight excluding hydrogens is 218 g/mol. The van der Waals surface area contributed by atoms with Crippen LogP contribution in [0.3, 0.4) is 0 Å². The van der Waals surface area contributed by atoms with Crippen LogP contribution in [-0.4, -0.2) is 32.1 Å². The number of rotatable bonds is 4. The highest BCUT2D eigenvalue weighted by atomic mass is 16.5. The summed E-state index contributed by atoms with van der Waals surface area (Å²) in [5, 5.41) is 0. The first-order valence-electron chi connectivity index (χ1n) is 5.46. The number of ether oxygens (including phenoxy) is 2. The first-order valence-corrected chi connectivity index (χ1v) is 5.46. The summed E-state index contributed by atoms with van der Waals surface area (Å²) >= 11 is 0. The van der Waals surface area contributed by atoms with Gasteiger partial charge in [0, 0.05) is 14.0 Å². The first kappa shape index (κ1) is 13.4. The molecule has 0 aliphatic carbocycles. The van der Waals surface area contributed by atoms with Gasteiger partial charge in [-0.15, -0.1) is 0 Å². The molecule has 0 spiro atoms. The van der Waals surface area contributed by atoms with Crippen molar-refractivity contribution in [3.63, 3.8) is 0 Å². The van der Waals surface area contributed by atoms with E-state index < -0.39 is 0 Å². The van der Waals surface area contributed by atoms with Gasteiger partial charge in [0.25, 0.3) is 0 Å². The molecule has 4 heteroatoms. The molecule has 0 saturated carbocycles. The summed E-state index contributed by atoms with van der Waals surface area (Å²) in [7, 11) is 4.98. The van der Waals surface area contributed by atoms with E-state index in [0.29, 0.717) is 11.5 Å². The summed E-state index contributed by atoms with van der Waals surface area (Å²) < 4.78 is 10.4. The van der Waals surface area contributed by atoms with Crippen LogP contribution in [-0.2, 0) is 4.79 Å². The Hall–Kier alpha value is -1.71. The third-order valence-corrected chi connectivity index (χ3v) is 2.97. The van der Waals surface area contributed by atoms with E-state index in [2.05, 4.69) is 0 Å². The first-order chi connectivity index (χ1) is 8.01. The molecule has 0 aliphatic rings. The van der Waals surface area contributed by atoms with Crippen LogP contribution < -0.4 is 9.47 Å². The van der Waals surface area contributed by atoms with E-state index in [1.54, 1.807) is 33.1 Å². The van der Waals surface area contributed by atoms with Gasteiger partial charge in [0.15, 0.2) is 11.5 Å². The van der Waals surface area contributed by atoms with Crippen LogP contribution in [0.5, 0.6) is 11.5 Å². The van der Waals surface area contributed by atoms with Gasteiger partial charge >= 0.3 is 0 Å². The molecule has 1 amide bonds. The maximum absolute atomic E-state index is 11.3. The number of amides is 1. The van der Waals surface area contributed by atoms with E-state index in [0.717, 1.165) is 5.56 Å². The van der Waals surface area contributed by atoms with E-state index in [9.17, 15) is 4.79 Å². The Morgan fingerprint density at radius 1 is 1.24 bits per heavy atom. The molecule has 0 aliphatic heterocycles. The lowest BCUT2D eigenvalue weighted by Crippen LogP contribution is -2.27. The average molecular weight is 237 g/mol. The monoisotopic (exact) mass is 237 g/mol. The molecule has 1 unspecified atom stereocenters. The fourth-order valence-corrected chi connectivity index (χ4v) is 1.61. The van der Waals surface area contributed by atoms with Crippen LogP contribution in [0.25, 0.3) is 0 Å². The molecule has 1 rings (SSSR count). The second kappa shape index (κ2) is 5.57. The van der Waals surface area contributed by atoms with Gasteiger partial charge in [-0.2, -0.15) is 0 Å². The number of methoxy groups -OCH3 is 2. The third kappa shape index (κ3) is 2.90. The van der Waals surface area contributed by atoms with Crippen molar-refractivity contribution in [3.05, 3.63) is 23.8 Å². The minimum absolute atomic E-state index is 0.00676. The molecule has 4 nitrogen and oxygen atoms in total. The van der Waals surface area contributed by atoms with Crippen molar-refractivity contribution < 1.29 is 14.3 Å². The Labute approximate surface area is 102 Å². The average Bonchev–Trinajstić information content (AvgIpc) is 2.35. The van der Waals surface area contributed by atoms with Crippen LogP contribution in [0.2, 0.25) is 0 Å². The van der Waals surface area contributed by atoms with Crippen molar-refractivity contribution in [1.29, 1.82) is 0 Å². The van der Waals surface area contributed by atoms with Crippen LogP contribution in [0.15, 0.2) is 18.2 Å². The highest BCUT2D eigenvalue weighted by Gasteiger charge is 2.15. The summed E-state index contributed by atoms with van der Waals surface area (Å²) in [6.07, 6.45) is 0. The van der Waals surface area contributed by atoms with Crippen LogP contribution in [0, 0.1) is 0 Å². The maximum atomic E-state index is 11.3.